The smallest absolute Gasteiger partial charge is 0.300 e. The van der Waals surface area contributed by atoms with E-state index in [0.717, 1.165) is 14.0 Å². The first-order valence-corrected chi connectivity index (χ1v) is 1.37. The molecule has 0 aliphatic rings. The largest absolute Gasteiger partial charge is 0.481 e. The Morgan fingerprint density at radius 3 is 1.43 bits per heavy atom. The fourth-order valence-corrected chi connectivity index (χ4v) is 0. The van der Waals surface area contributed by atoms with Gasteiger partial charge in [0.25, 0.3) is 5.97 Å². The molecule has 4 heteroatoms. The van der Waals surface area contributed by atoms with E-state index >= 15 is 0 Å². The van der Waals surface area contributed by atoms with E-state index in [0.29, 0.717) is 0 Å². The number of carbonyl (C=O) groups is 1. The zero-order valence-corrected chi connectivity index (χ0v) is 5.77. The number of aliphatic hydroxyl groups excluding tert-OH is 1. The Morgan fingerprint density at radius 1 is 1.43 bits per heavy atom. The molecule has 0 heterocycles. The van der Waals surface area contributed by atoms with Crippen molar-refractivity contribution in [2.75, 3.05) is 7.11 Å². The Hall–Kier alpha value is 0.0534. The summed E-state index contributed by atoms with van der Waals surface area (Å²) in [5.41, 5.74) is 0. The summed E-state index contributed by atoms with van der Waals surface area (Å²) in [6.07, 6.45) is 0. The van der Waals surface area contributed by atoms with E-state index in [1.807, 2.05) is 0 Å². The molecule has 0 aromatic rings. The van der Waals surface area contributed by atoms with Gasteiger partial charge in [0.15, 0.2) is 0 Å². The summed E-state index contributed by atoms with van der Waals surface area (Å²) in [7, 11) is 1.00. The molecule has 3 nitrogen and oxygen atoms in total. The second-order valence-corrected chi connectivity index (χ2v) is 0.519. The van der Waals surface area contributed by atoms with Crippen LogP contribution in [-0.2, 0) is 24.3 Å². The predicted molar refractivity (Wildman–Crippen MR) is 21.5 cm³/mol. The van der Waals surface area contributed by atoms with Crippen LogP contribution in [0.15, 0.2) is 0 Å². The molecule has 0 aromatic heterocycles. The second-order valence-electron chi connectivity index (χ2n) is 0.519. The van der Waals surface area contributed by atoms with Crippen molar-refractivity contribution in [1.82, 2.24) is 0 Å². The molecule has 0 unspecified atom stereocenters. The molecular formula is C3H8O3Rh. The monoisotopic (exact) mass is 195 g/mol. The number of rotatable bonds is 0. The molecule has 0 saturated carbocycles. The van der Waals surface area contributed by atoms with E-state index < -0.39 is 5.97 Å². The quantitative estimate of drug-likeness (QED) is 0.521. The van der Waals surface area contributed by atoms with Crippen molar-refractivity contribution in [1.29, 1.82) is 0 Å². The van der Waals surface area contributed by atoms with Gasteiger partial charge in [-0.1, -0.05) is 0 Å². The molecule has 7 heavy (non-hydrogen) atoms. The van der Waals surface area contributed by atoms with Crippen LogP contribution in [0.4, 0.5) is 0 Å². The summed E-state index contributed by atoms with van der Waals surface area (Å²) in [6, 6.07) is 0. The van der Waals surface area contributed by atoms with Crippen LogP contribution in [0.25, 0.3) is 0 Å². The molecule has 2 N–H and O–H groups in total. The van der Waals surface area contributed by atoms with E-state index in [-0.39, 0.29) is 19.5 Å². The van der Waals surface area contributed by atoms with E-state index in [1.54, 1.807) is 0 Å². The van der Waals surface area contributed by atoms with Crippen LogP contribution in [0.3, 0.4) is 0 Å². The molecule has 0 aliphatic heterocycles. The van der Waals surface area contributed by atoms with Crippen LogP contribution in [0, 0.1) is 0 Å². The van der Waals surface area contributed by atoms with E-state index in [1.165, 1.54) is 0 Å². The zero-order valence-electron chi connectivity index (χ0n) is 4.14. The SMILES string of the molecule is CC(=O)O.CO.[Rh]. The zero-order chi connectivity index (χ0) is 5.58. The van der Waals surface area contributed by atoms with Crippen molar-refractivity contribution < 1.29 is 34.5 Å². The maximum Gasteiger partial charge on any atom is 0.300 e. The van der Waals surface area contributed by atoms with Crippen molar-refractivity contribution >= 4 is 5.97 Å². The van der Waals surface area contributed by atoms with Gasteiger partial charge in [-0.2, -0.15) is 0 Å². The summed E-state index contributed by atoms with van der Waals surface area (Å²) >= 11 is 0. The minimum atomic E-state index is -0.833. The van der Waals surface area contributed by atoms with Gasteiger partial charge in [0.1, 0.15) is 0 Å². The van der Waals surface area contributed by atoms with Crippen molar-refractivity contribution in [3.63, 3.8) is 0 Å². The summed E-state index contributed by atoms with van der Waals surface area (Å²) in [6.45, 7) is 1.08. The van der Waals surface area contributed by atoms with Crippen LogP contribution in [0.5, 0.6) is 0 Å². The fraction of sp³-hybridized carbons (Fsp3) is 0.667. The van der Waals surface area contributed by atoms with Crippen molar-refractivity contribution in [2.45, 2.75) is 6.92 Å². The van der Waals surface area contributed by atoms with Crippen LogP contribution in [-0.4, -0.2) is 23.3 Å². The maximum absolute atomic E-state index is 9.00. The third-order valence-electron chi connectivity index (χ3n) is 0. The minimum absolute atomic E-state index is 0. The van der Waals surface area contributed by atoms with E-state index in [9.17, 15) is 0 Å². The molecule has 0 bridgehead atoms. The van der Waals surface area contributed by atoms with Crippen LogP contribution in [0.2, 0.25) is 0 Å². The molecule has 0 aromatic carbocycles. The Morgan fingerprint density at radius 2 is 1.43 bits per heavy atom. The first kappa shape index (κ1) is 15.7. The van der Waals surface area contributed by atoms with Gasteiger partial charge in [-0.25, -0.2) is 0 Å². The van der Waals surface area contributed by atoms with Crippen LogP contribution in [0.1, 0.15) is 6.92 Å². The summed E-state index contributed by atoms with van der Waals surface area (Å²) in [4.78, 5) is 9.00. The van der Waals surface area contributed by atoms with Crippen LogP contribution >= 0.6 is 0 Å². The Labute approximate surface area is 55.1 Å². The Bertz CT molecular complexity index is 33.2. The number of hydrogen-bond donors (Lipinski definition) is 2. The van der Waals surface area contributed by atoms with Gasteiger partial charge in [0.2, 0.25) is 0 Å². The molecule has 1 radical (unpaired) electrons. The number of carboxylic acid groups (broad SMARTS) is 1. The van der Waals surface area contributed by atoms with Gasteiger partial charge >= 0.3 is 0 Å². The molecule has 0 fully saturated rings. The number of aliphatic carboxylic acids is 1. The molecule has 0 aliphatic carbocycles. The average Bonchev–Trinajstić information content (AvgIpc) is 1.41. The van der Waals surface area contributed by atoms with Gasteiger partial charge in [-0.05, 0) is 0 Å². The molecule has 0 amide bonds. The van der Waals surface area contributed by atoms with Gasteiger partial charge in [0, 0.05) is 33.5 Å². The van der Waals surface area contributed by atoms with Gasteiger partial charge in [-0.3, -0.25) is 4.79 Å². The van der Waals surface area contributed by atoms with Crippen LogP contribution < -0.4 is 0 Å². The Balaban J connectivity index is -0.0000000480. The standard InChI is InChI=1S/C2H4O2.CH4O.Rh/c1-2(3)4;1-2;/h1H3,(H,3,4);2H,1H3;. The third kappa shape index (κ3) is 34900. The van der Waals surface area contributed by atoms with Crippen molar-refractivity contribution in [2.24, 2.45) is 0 Å². The van der Waals surface area contributed by atoms with E-state index in [4.69, 9.17) is 15.0 Å². The second kappa shape index (κ2) is 16.6. The molecule has 0 saturated heterocycles. The van der Waals surface area contributed by atoms with Gasteiger partial charge in [-0.15, -0.1) is 0 Å². The maximum atomic E-state index is 9.00. The molecule has 0 rings (SSSR count). The van der Waals surface area contributed by atoms with Gasteiger partial charge in [0.05, 0.1) is 0 Å². The molecular weight excluding hydrogens is 187 g/mol. The van der Waals surface area contributed by atoms with Gasteiger partial charge < -0.3 is 10.2 Å². The summed E-state index contributed by atoms with van der Waals surface area (Å²) < 4.78 is 0. The van der Waals surface area contributed by atoms with Crippen molar-refractivity contribution in [3.8, 4) is 0 Å². The normalized spacial score (nSPS) is 4.43. The summed E-state index contributed by atoms with van der Waals surface area (Å²) in [5, 5.41) is 14.4. The predicted octanol–water partition coefficient (Wildman–Crippen LogP) is -0.303. The Kier molecular flexibility index (Phi) is 37.3. The first-order chi connectivity index (χ1) is 2.73. The van der Waals surface area contributed by atoms with E-state index in [2.05, 4.69) is 0 Å². The fourth-order valence-electron chi connectivity index (χ4n) is 0. The number of aliphatic hydroxyl groups is 1. The third-order valence-corrected chi connectivity index (χ3v) is 0. The molecule has 47 valence electrons. The topological polar surface area (TPSA) is 57.5 Å². The molecule has 0 atom stereocenters. The molecule has 0 spiro atoms. The average molecular weight is 195 g/mol. The minimum Gasteiger partial charge on any atom is -0.481 e. The summed E-state index contributed by atoms with van der Waals surface area (Å²) in [5.74, 6) is -0.833. The number of carboxylic acids is 1. The van der Waals surface area contributed by atoms with Crippen molar-refractivity contribution in [3.05, 3.63) is 0 Å². The first-order valence-electron chi connectivity index (χ1n) is 1.37. The number of hydrogen-bond acceptors (Lipinski definition) is 2.